The molecule has 1 aromatic carbocycles. The van der Waals surface area contributed by atoms with Gasteiger partial charge in [-0.05, 0) is 37.6 Å². The van der Waals surface area contributed by atoms with Crippen molar-refractivity contribution in [3.8, 4) is 0 Å². The Hall–Kier alpha value is -2.43. The number of fused-ring (bicyclic) bond motifs is 1. The lowest BCUT2D eigenvalue weighted by molar-refractivity contribution is -0.147. The highest BCUT2D eigenvalue weighted by Crippen LogP contribution is 2.25. The normalized spacial score (nSPS) is 12.3. The highest BCUT2D eigenvalue weighted by atomic mass is 16.4. The van der Waals surface area contributed by atoms with Crippen LogP contribution in [0.25, 0.3) is 10.9 Å². The summed E-state index contributed by atoms with van der Waals surface area (Å²) in [5.74, 6) is -1.05. The first-order chi connectivity index (χ1) is 9.54. The average Bonchev–Trinajstić information content (AvgIpc) is 2.43. The van der Waals surface area contributed by atoms with Crippen LogP contribution in [-0.2, 0) is 9.59 Å². The van der Waals surface area contributed by atoms with Crippen LogP contribution in [0.1, 0.15) is 25.5 Å². The van der Waals surface area contributed by atoms with Crippen LogP contribution < -0.4 is 0 Å². The summed E-state index contributed by atoms with van der Waals surface area (Å²) in [5.41, 5.74) is 1.36. The molecule has 0 saturated carbocycles. The lowest BCUT2D eigenvalue weighted by Crippen LogP contribution is -2.38. The maximum Gasteiger partial charge on any atom is 0.331 e. The third-order valence-electron chi connectivity index (χ3n) is 3.19. The van der Waals surface area contributed by atoms with Crippen molar-refractivity contribution >= 4 is 23.3 Å². The topological polar surface area (TPSA) is 70.5 Å². The van der Waals surface area contributed by atoms with E-state index in [9.17, 15) is 14.7 Å². The van der Waals surface area contributed by atoms with Crippen molar-refractivity contribution in [2.75, 3.05) is 0 Å². The zero-order valence-electron chi connectivity index (χ0n) is 11.4. The van der Waals surface area contributed by atoms with Gasteiger partial charge in [0.2, 0.25) is 6.41 Å². The molecule has 0 aliphatic heterocycles. The Labute approximate surface area is 116 Å². The molecule has 2 aromatic rings. The summed E-state index contributed by atoms with van der Waals surface area (Å²) >= 11 is 0. The molecule has 0 bridgehead atoms. The standard InChI is InChI=1S/C15H16N2O3/c1-10(2)17(9-18)14(15(19)20)12-5-6-13-11(8-12)4-3-7-16-13/h3-10,14H,1-2H3,(H,19,20). The molecule has 1 amide bonds. The summed E-state index contributed by atoms with van der Waals surface area (Å²) < 4.78 is 0. The number of hydrogen-bond donors (Lipinski definition) is 1. The van der Waals surface area contributed by atoms with E-state index in [0.29, 0.717) is 12.0 Å². The first kappa shape index (κ1) is 14.0. The smallest absolute Gasteiger partial charge is 0.331 e. The first-order valence-corrected chi connectivity index (χ1v) is 6.35. The number of carbonyl (C=O) groups excluding carboxylic acids is 1. The van der Waals surface area contributed by atoms with Gasteiger partial charge in [-0.25, -0.2) is 4.79 Å². The van der Waals surface area contributed by atoms with Gasteiger partial charge in [0.25, 0.3) is 0 Å². The van der Waals surface area contributed by atoms with Gasteiger partial charge >= 0.3 is 5.97 Å². The van der Waals surface area contributed by atoms with E-state index in [1.807, 2.05) is 6.07 Å². The van der Waals surface area contributed by atoms with Crippen molar-refractivity contribution in [2.24, 2.45) is 0 Å². The fraction of sp³-hybridized carbons (Fsp3) is 0.267. The number of rotatable bonds is 5. The van der Waals surface area contributed by atoms with Crippen LogP contribution in [0.15, 0.2) is 36.5 Å². The van der Waals surface area contributed by atoms with E-state index < -0.39 is 12.0 Å². The Balaban J connectivity index is 2.51. The van der Waals surface area contributed by atoms with E-state index >= 15 is 0 Å². The van der Waals surface area contributed by atoms with Crippen molar-refractivity contribution in [3.63, 3.8) is 0 Å². The van der Waals surface area contributed by atoms with Gasteiger partial charge in [-0.15, -0.1) is 0 Å². The predicted octanol–water partition coefficient (Wildman–Crippen LogP) is 2.23. The largest absolute Gasteiger partial charge is 0.479 e. The number of carboxylic acids is 1. The fourth-order valence-corrected chi connectivity index (χ4v) is 2.19. The Morgan fingerprint density at radius 2 is 2.10 bits per heavy atom. The molecule has 1 heterocycles. The Kier molecular flexibility index (Phi) is 3.98. The van der Waals surface area contributed by atoms with Crippen LogP contribution in [-0.4, -0.2) is 33.4 Å². The maximum absolute atomic E-state index is 11.5. The lowest BCUT2D eigenvalue weighted by atomic mass is 10.0. The van der Waals surface area contributed by atoms with Gasteiger partial charge in [0.15, 0.2) is 6.04 Å². The summed E-state index contributed by atoms with van der Waals surface area (Å²) in [5, 5.41) is 10.3. The van der Waals surface area contributed by atoms with Gasteiger partial charge in [0, 0.05) is 17.6 Å². The zero-order chi connectivity index (χ0) is 14.7. The average molecular weight is 272 g/mol. The molecule has 2 rings (SSSR count). The van der Waals surface area contributed by atoms with Crippen LogP contribution >= 0.6 is 0 Å². The molecule has 1 atom stereocenters. The molecule has 5 heteroatoms. The Morgan fingerprint density at radius 1 is 1.35 bits per heavy atom. The third-order valence-corrected chi connectivity index (χ3v) is 3.19. The molecular formula is C15H16N2O3. The van der Waals surface area contributed by atoms with Crippen molar-refractivity contribution in [1.82, 2.24) is 9.88 Å². The van der Waals surface area contributed by atoms with E-state index in [0.717, 1.165) is 10.9 Å². The quantitative estimate of drug-likeness (QED) is 0.847. The molecule has 104 valence electrons. The summed E-state index contributed by atoms with van der Waals surface area (Å²) in [4.78, 5) is 28.2. The molecule has 1 unspecified atom stereocenters. The minimum Gasteiger partial charge on any atom is -0.479 e. The first-order valence-electron chi connectivity index (χ1n) is 6.35. The van der Waals surface area contributed by atoms with Crippen LogP contribution in [0.4, 0.5) is 0 Å². The molecule has 1 N–H and O–H groups in total. The fourth-order valence-electron chi connectivity index (χ4n) is 2.19. The molecule has 0 aliphatic rings. The van der Waals surface area contributed by atoms with E-state index in [-0.39, 0.29) is 6.04 Å². The van der Waals surface area contributed by atoms with Gasteiger partial charge in [-0.3, -0.25) is 9.78 Å². The predicted molar refractivity (Wildman–Crippen MR) is 75.2 cm³/mol. The number of carboxylic acid groups (broad SMARTS) is 1. The molecule has 0 saturated heterocycles. The number of benzene rings is 1. The molecule has 1 aromatic heterocycles. The number of nitrogens with zero attached hydrogens (tertiary/aromatic N) is 2. The Bertz CT molecular complexity index is 640. The molecule has 0 spiro atoms. The summed E-state index contributed by atoms with van der Waals surface area (Å²) in [6.07, 6.45) is 2.26. The minimum atomic E-state index is -1.05. The van der Waals surface area contributed by atoms with Crippen LogP contribution in [0, 0.1) is 0 Å². The Morgan fingerprint density at radius 3 is 2.70 bits per heavy atom. The number of pyridine rings is 1. The molecule has 0 radical (unpaired) electrons. The van der Waals surface area contributed by atoms with E-state index in [2.05, 4.69) is 4.98 Å². The van der Waals surface area contributed by atoms with Crippen molar-refractivity contribution in [3.05, 3.63) is 42.1 Å². The minimum absolute atomic E-state index is 0.196. The van der Waals surface area contributed by atoms with Gasteiger partial charge in [0.05, 0.1) is 5.52 Å². The van der Waals surface area contributed by atoms with Gasteiger partial charge in [-0.1, -0.05) is 12.1 Å². The number of hydrogen-bond acceptors (Lipinski definition) is 3. The third kappa shape index (κ3) is 2.61. The maximum atomic E-state index is 11.5. The second-order valence-corrected chi connectivity index (χ2v) is 4.84. The van der Waals surface area contributed by atoms with Gasteiger partial charge in [0.1, 0.15) is 0 Å². The second-order valence-electron chi connectivity index (χ2n) is 4.84. The SMILES string of the molecule is CC(C)N(C=O)C(C(=O)O)c1ccc2ncccc2c1. The molecule has 0 fully saturated rings. The summed E-state index contributed by atoms with van der Waals surface area (Å²) in [6, 6.07) is 7.71. The van der Waals surface area contributed by atoms with Crippen LogP contribution in [0.3, 0.4) is 0 Å². The van der Waals surface area contributed by atoms with E-state index in [1.54, 1.807) is 44.3 Å². The highest BCUT2D eigenvalue weighted by molar-refractivity contribution is 5.83. The van der Waals surface area contributed by atoms with Crippen LogP contribution in [0.2, 0.25) is 0 Å². The zero-order valence-corrected chi connectivity index (χ0v) is 11.4. The number of amides is 1. The van der Waals surface area contributed by atoms with Gasteiger partial charge in [-0.2, -0.15) is 0 Å². The molecule has 20 heavy (non-hydrogen) atoms. The summed E-state index contributed by atoms with van der Waals surface area (Å²) in [6.45, 7) is 3.57. The van der Waals surface area contributed by atoms with E-state index in [4.69, 9.17) is 0 Å². The summed E-state index contributed by atoms with van der Waals surface area (Å²) in [7, 11) is 0. The second kappa shape index (κ2) is 5.69. The van der Waals surface area contributed by atoms with E-state index in [1.165, 1.54) is 4.90 Å². The number of aliphatic carboxylic acids is 1. The highest BCUT2D eigenvalue weighted by Gasteiger charge is 2.28. The van der Waals surface area contributed by atoms with Crippen molar-refractivity contribution < 1.29 is 14.7 Å². The number of carbonyl (C=O) groups is 2. The monoisotopic (exact) mass is 272 g/mol. The number of aromatic nitrogens is 1. The van der Waals surface area contributed by atoms with Crippen LogP contribution in [0.5, 0.6) is 0 Å². The molecule has 5 nitrogen and oxygen atoms in total. The van der Waals surface area contributed by atoms with Crippen molar-refractivity contribution in [2.45, 2.75) is 25.9 Å². The molecular weight excluding hydrogens is 256 g/mol. The lowest BCUT2D eigenvalue weighted by Gasteiger charge is -2.29. The van der Waals surface area contributed by atoms with Gasteiger partial charge < -0.3 is 10.0 Å². The molecule has 0 aliphatic carbocycles. The van der Waals surface area contributed by atoms with Crippen molar-refractivity contribution in [1.29, 1.82) is 0 Å².